The topological polar surface area (TPSA) is 38.5 Å². The van der Waals surface area contributed by atoms with Crippen molar-refractivity contribution in [2.24, 2.45) is 5.73 Å². The Balaban J connectivity index is 1.85. The molecule has 1 saturated carbocycles. The average molecular weight is 156 g/mol. The molecule has 0 bridgehead atoms. The fraction of sp³-hybridized carbons (Fsp3) is 1.00. The summed E-state index contributed by atoms with van der Waals surface area (Å²) >= 11 is 0. The Morgan fingerprint density at radius 3 is 2.82 bits per heavy atom. The second kappa shape index (κ2) is 3.09. The van der Waals surface area contributed by atoms with E-state index in [1.165, 1.54) is 19.3 Å². The second-order valence-electron chi connectivity index (χ2n) is 3.55. The van der Waals surface area contributed by atoms with E-state index in [0.29, 0.717) is 12.1 Å². The van der Waals surface area contributed by atoms with Crippen molar-refractivity contribution < 1.29 is 4.84 Å². The van der Waals surface area contributed by atoms with Crippen molar-refractivity contribution in [1.82, 2.24) is 5.06 Å². The van der Waals surface area contributed by atoms with Crippen LogP contribution in [0.15, 0.2) is 0 Å². The number of hydrogen-bond donors (Lipinski definition) is 1. The molecule has 2 N–H and O–H groups in total. The quantitative estimate of drug-likeness (QED) is 0.601. The lowest BCUT2D eigenvalue weighted by Gasteiger charge is -2.21. The van der Waals surface area contributed by atoms with Gasteiger partial charge in [0, 0.05) is 18.6 Å². The monoisotopic (exact) mass is 156 g/mol. The lowest BCUT2D eigenvalue weighted by Crippen LogP contribution is -2.30. The van der Waals surface area contributed by atoms with Gasteiger partial charge < -0.3 is 5.73 Å². The zero-order chi connectivity index (χ0) is 7.68. The highest BCUT2D eigenvalue weighted by atomic mass is 16.7. The fourth-order valence-electron chi connectivity index (χ4n) is 2.01. The number of nitrogens with two attached hydrogens (primary N) is 1. The van der Waals surface area contributed by atoms with Crippen molar-refractivity contribution in [3.63, 3.8) is 0 Å². The summed E-state index contributed by atoms with van der Waals surface area (Å²) in [6.07, 6.45) is 4.71. The van der Waals surface area contributed by atoms with Crippen molar-refractivity contribution in [3.05, 3.63) is 0 Å². The van der Waals surface area contributed by atoms with Gasteiger partial charge in [-0.15, -0.1) is 0 Å². The van der Waals surface area contributed by atoms with E-state index in [0.717, 1.165) is 19.6 Å². The minimum atomic E-state index is 0.421. The molecule has 0 spiro atoms. The molecule has 1 aliphatic carbocycles. The van der Waals surface area contributed by atoms with Gasteiger partial charge in [-0.25, -0.2) is 0 Å². The Labute approximate surface area is 67.4 Å². The zero-order valence-electron chi connectivity index (χ0n) is 6.83. The van der Waals surface area contributed by atoms with Crippen LogP contribution in [-0.2, 0) is 4.84 Å². The molecule has 1 aliphatic heterocycles. The molecule has 11 heavy (non-hydrogen) atoms. The van der Waals surface area contributed by atoms with E-state index in [2.05, 4.69) is 5.06 Å². The molecule has 2 rings (SSSR count). The van der Waals surface area contributed by atoms with Gasteiger partial charge in [0.15, 0.2) is 0 Å². The number of hydroxylamine groups is 2. The molecule has 3 nitrogen and oxygen atoms in total. The van der Waals surface area contributed by atoms with Crippen LogP contribution >= 0.6 is 0 Å². The molecule has 2 aliphatic rings. The molecular weight excluding hydrogens is 140 g/mol. The molecule has 0 amide bonds. The third kappa shape index (κ3) is 1.55. The van der Waals surface area contributed by atoms with E-state index in [1.54, 1.807) is 0 Å². The average Bonchev–Trinajstić information content (AvgIpc) is 2.55. The van der Waals surface area contributed by atoms with E-state index < -0.39 is 0 Å². The minimum Gasteiger partial charge on any atom is -0.328 e. The molecule has 1 saturated heterocycles. The normalized spacial score (nSPS) is 40.1. The molecule has 0 aromatic rings. The summed E-state index contributed by atoms with van der Waals surface area (Å²) < 4.78 is 0. The highest BCUT2D eigenvalue weighted by Gasteiger charge is 2.29. The first kappa shape index (κ1) is 7.53. The Kier molecular flexibility index (Phi) is 2.11. The van der Waals surface area contributed by atoms with Crippen molar-refractivity contribution in [1.29, 1.82) is 0 Å². The first-order valence-corrected chi connectivity index (χ1v) is 4.51. The lowest BCUT2D eigenvalue weighted by molar-refractivity contribution is -0.139. The fourth-order valence-corrected chi connectivity index (χ4v) is 2.01. The van der Waals surface area contributed by atoms with Crippen LogP contribution in [0.2, 0.25) is 0 Å². The summed E-state index contributed by atoms with van der Waals surface area (Å²) in [6, 6.07) is 1.04. The van der Waals surface area contributed by atoms with Gasteiger partial charge in [0.05, 0.1) is 6.61 Å². The standard InChI is InChI=1S/C8H16N2O/c9-7-2-3-8(6-7)10-4-1-5-11-10/h7-8H,1-6,9H2. The summed E-state index contributed by atoms with van der Waals surface area (Å²) in [5.74, 6) is 0. The Morgan fingerprint density at radius 1 is 1.36 bits per heavy atom. The summed E-state index contributed by atoms with van der Waals surface area (Å²) in [4.78, 5) is 5.46. The summed E-state index contributed by atoms with van der Waals surface area (Å²) in [5.41, 5.74) is 5.81. The van der Waals surface area contributed by atoms with Crippen LogP contribution in [-0.4, -0.2) is 30.3 Å². The number of rotatable bonds is 1. The Bertz CT molecular complexity index is 134. The van der Waals surface area contributed by atoms with Crippen molar-refractivity contribution in [2.45, 2.75) is 37.8 Å². The van der Waals surface area contributed by atoms with Gasteiger partial charge in [0.25, 0.3) is 0 Å². The van der Waals surface area contributed by atoms with E-state index in [9.17, 15) is 0 Å². The van der Waals surface area contributed by atoms with Gasteiger partial charge in [-0.05, 0) is 25.7 Å². The van der Waals surface area contributed by atoms with Crippen molar-refractivity contribution in [3.8, 4) is 0 Å². The number of hydrogen-bond acceptors (Lipinski definition) is 3. The highest BCUT2D eigenvalue weighted by molar-refractivity contribution is 4.83. The van der Waals surface area contributed by atoms with Crippen LogP contribution in [0.1, 0.15) is 25.7 Å². The number of nitrogens with zero attached hydrogens (tertiary/aromatic N) is 1. The van der Waals surface area contributed by atoms with Crippen LogP contribution < -0.4 is 5.73 Å². The third-order valence-corrected chi connectivity index (χ3v) is 2.63. The summed E-state index contributed by atoms with van der Waals surface area (Å²) in [7, 11) is 0. The summed E-state index contributed by atoms with van der Waals surface area (Å²) in [6.45, 7) is 2.02. The van der Waals surface area contributed by atoms with Gasteiger partial charge >= 0.3 is 0 Å². The molecule has 2 unspecified atom stereocenters. The minimum absolute atomic E-state index is 0.421. The maximum Gasteiger partial charge on any atom is 0.0698 e. The highest BCUT2D eigenvalue weighted by Crippen LogP contribution is 2.25. The van der Waals surface area contributed by atoms with Crippen LogP contribution in [0.25, 0.3) is 0 Å². The lowest BCUT2D eigenvalue weighted by atomic mass is 10.2. The van der Waals surface area contributed by atoms with E-state index >= 15 is 0 Å². The van der Waals surface area contributed by atoms with Gasteiger partial charge in [0.1, 0.15) is 0 Å². The first-order chi connectivity index (χ1) is 5.36. The van der Waals surface area contributed by atoms with Crippen molar-refractivity contribution >= 4 is 0 Å². The van der Waals surface area contributed by atoms with Crippen LogP contribution in [0.4, 0.5) is 0 Å². The largest absolute Gasteiger partial charge is 0.328 e. The molecule has 0 aromatic carbocycles. The first-order valence-electron chi connectivity index (χ1n) is 4.51. The van der Waals surface area contributed by atoms with Crippen LogP contribution in [0.3, 0.4) is 0 Å². The predicted octanol–water partition coefficient (Wildman–Crippen LogP) is 0.503. The smallest absolute Gasteiger partial charge is 0.0698 e. The maximum atomic E-state index is 5.81. The van der Waals surface area contributed by atoms with Crippen LogP contribution in [0, 0.1) is 0 Å². The third-order valence-electron chi connectivity index (χ3n) is 2.63. The van der Waals surface area contributed by atoms with Gasteiger partial charge in [-0.1, -0.05) is 0 Å². The molecule has 0 radical (unpaired) electrons. The second-order valence-corrected chi connectivity index (χ2v) is 3.55. The molecule has 2 atom stereocenters. The van der Waals surface area contributed by atoms with Gasteiger partial charge in [-0.3, -0.25) is 4.84 Å². The Morgan fingerprint density at radius 2 is 2.27 bits per heavy atom. The molecule has 0 aromatic heterocycles. The Hall–Kier alpha value is -0.120. The zero-order valence-corrected chi connectivity index (χ0v) is 6.83. The molecule has 64 valence electrons. The molecule has 1 heterocycles. The maximum absolute atomic E-state index is 5.81. The van der Waals surface area contributed by atoms with Gasteiger partial charge in [0.2, 0.25) is 0 Å². The van der Waals surface area contributed by atoms with E-state index in [4.69, 9.17) is 10.6 Å². The molecular formula is C8H16N2O. The molecule has 3 heteroatoms. The molecule has 2 fully saturated rings. The van der Waals surface area contributed by atoms with Gasteiger partial charge in [-0.2, -0.15) is 5.06 Å². The van der Waals surface area contributed by atoms with Crippen LogP contribution in [0.5, 0.6) is 0 Å². The predicted molar refractivity (Wildman–Crippen MR) is 42.9 cm³/mol. The SMILES string of the molecule is NC1CCC(N2CCCO2)C1. The van der Waals surface area contributed by atoms with E-state index in [-0.39, 0.29) is 0 Å². The van der Waals surface area contributed by atoms with E-state index in [1.807, 2.05) is 0 Å². The summed E-state index contributed by atoms with van der Waals surface area (Å²) in [5, 5.41) is 2.13. The van der Waals surface area contributed by atoms with Crippen molar-refractivity contribution in [2.75, 3.05) is 13.2 Å².